The molecule has 0 aromatic heterocycles. The van der Waals surface area contributed by atoms with Crippen molar-refractivity contribution < 1.29 is 9.59 Å². The minimum Gasteiger partial charge on any atom is -0.369 e. The van der Waals surface area contributed by atoms with E-state index in [2.05, 4.69) is 36.1 Å². The molecule has 1 aromatic carbocycles. The van der Waals surface area contributed by atoms with E-state index in [4.69, 9.17) is 0 Å². The fraction of sp³-hybridized carbons (Fsp3) is 0.600. The first kappa shape index (κ1) is 16.4. The second-order valence-corrected chi connectivity index (χ2v) is 7.63. The molecule has 1 atom stereocenters. The molecule has 2 saturated heterocycles. The van der Waals surface area contributed by atoms with Crippen LogP contribution < -0.4 is 4.90 Å². The van der Waals surface area contributed by atoms with Gasteiger partial charge < -0.3 is 14.7 Å². The van der Waals surface area contributed by atoms with Crippen molar-refractivity contribution in [3.8, 4) is 0 Å². The number of carbonyl (C=O) groups is 2. The van der Waals surface area contributed by atoms with Crippen LogP contribution in [0.5, 0.6) is 0 Å². The lowest BCUT2D eigenvalue weighted by atomic mass is 10.1. The molecule has 0 spiro atoms. The summed E-state index contributed by atoms with van der Waals surface area (Å²) in [7, 11) is 0. The number of amides is 2. The average Bonchev–Trinajstić information content (AvgIpc) is 3.41. The largest absolute Gasteiger partial charge is 0.369 e. The van der Waals surface area contributed by atoms with Crippen LogP contribution in [-0.4, -0.2) is 60.4 Å². The maximum absolute atomic E-state index is 12.9. The van der Waals surface area contributed by atoms with Crippen LogP contribution in [-0.2, 0) is 9.59 Å². The van der Waals surface area contributed by atoms with Crippen molar-refractivity contribution in [3.05, 3.63) is 29.8 Å². The molecule has 1 aliphatic carbocycles. The molecule has 4 rings (SSSR count). The highest BCUT2D eigenvalue weighted by molar-refractivity contribution is 5.89. The average molecular weight is 341 g/mol. The summed E-state index contributed by atoms with van der Waals surface area (Å²) in [4.78, 5) is 31.4. The van der Waals surface area contributed by atoms with Crippen molar-refractivity contribution in [2.45, 2.75) is 38.6 Å². The van der Waals surface area contributed by atoms with Gasteiger partial charge in [-0.05, 0) is 37.8 Å². The van der Waals surface area contributed by atoms with Crippen LogP contribution in [0.15, 0.2) is 24.3 Å². The lowest BCUT2D eigenvalue weighted by Crippen LogP contribution is -2.40. The van der Waals surface area contributed by atoms with Crippen LogP contribution >= 0.6 is 0 Å². The quantitative estimate of drug-likeness (QED) is 0.845. The molecule has 2 amide bonds. The maximum Gasteiger partial charge on any atom is 0.228 e. The molecule has 1 aromatic rings. The van der Waals surface area contributed by atoms with E-state index in [1.807, 2.05) is 9.80 Å². The Hall–Kier alpha value is -2.04. The van der Waals surface area contributed by atoms with Crippen LogP contribution in [0.25, 0.3) is 0 Å². The van der Waals surface area contributed by atoms with Crippen LogP contribution in [0.1, 0.15) is 31.2 Å². The molecule has 0 bridgehead atoms. The Bertz CT molecular complexity index is 671. The van der Waals surface area contributed by atoms with E-state index in [9.17, 15) is 9.59 Å². The van der Waals surface area contributed by atoms with Crippen molar-refractivity contribution in [2.75, 3.05) is 37.6 Å². The number of anilines is 1. The Morgan fingerprint density at radius 2 is 1.88 bits per heavy atom. The summed E-state index contributed by atoms with van der Waals surface area (Å²) in [6, 6.07) is 8.86. The molecule has 3 fully saturated rings. The van der Waals surface area contributed by atoms with Gasteiger partial charge in [0.05, 0.1) is 5.92 Å². The van der Waals surface area contributed by atoms with E-state index >= 15 is 0 Å². The first-order chi connectivity index (χ1) is 12.1. The van der Waals surface area contributed by atoms with Crippen LogP contribution in [0.4, 0.5) is 5.69 Å². The highest BCUT2D eigenvalue weighted by Crippen LogP contribution is 2.33. The van der Waals surface area contributed by atoms with Gasteiger partial charge in [0.2, 0.25) is 11.8 Å². The minimum atomic E-state index is -0.127. The molecule has 1 saturated carbocycles. The number of para-hydroxylation sites is 1. The Morgan fingerprint density at radius 1 is 1.08 bits per heavy atom. The number of likely N-dealkylation sites (tertiary alicyclic amines) is 1. The third-order valence-corrected chi connectivity index (χ3v) is 5.76. The maximum atomic E-state index is 12.9. The molecule has 25 heavy (non-hydrogen) atoms. The molecule has 2 heterocycles. The summed E-state index contributed by atoms with van der Waals surface area (Å²) in [6.07, 6.45) is 3.62. The van der Waals surface area contributed by atoms with Gasteiger partial charge in [0.1, 0.15) is 0 Å². The molecule has 134 valence electrons. The van der Waals surface area contributed by atoms with Crippen LogP contribution in [0, 0.1) is 12.8 Å². The van der Waals surface area contributed by atoms with Crippen molar-refractivity contribution in [3.63, 3.8) is 0 Å². The standard InChI is InChI=1S/C20H27N3O2/c1-15-5-2-3-6-18(15)21-9-4-10-22(12-11-21)20(25)16-13-19(24)23(14-16)17-7-8-17/h2-3,5-6,16-17H,4,7-14H2,1H3. The van der Waals surface area contributed by atoms with E-state index in [1.165, 1.54) is 11.3 Å². The number of benzene rings is 1. The number of carbonyl (C=O) groups excluding carboxylic acids is 2. The Morgan fingerprint density at radius 3 is 2.64 bits per heavy atom. The van der Waals surface area contributed by atoms with Gasteiger partial charge >= 0.3 is 0 Å². The van der Waals surface area contributed by atoms with Crippen LogP contribution in [0.3, 0.4) is 0 Å². The van der Waals surface area contributed by atoms with Crippen LogP contribution in [0.2, 0.25) is 0 Å². The second-order valence-electron chi connectivity index (χ2n) is 7.63. The summed E-state index contributed by atoms with van der Waals surface area (Å²) in [6.45, 7) is 6.17. The molecular weight excluding hydrogens is 314 g/mol. The monoisotopic (exact) mass is 341 g/mol. The smallest absolute Gasteiger partial charge is 0.228 e. The number of hydrogen-bond donors (Lipinski definition) is 0. The number of nitrogens with zero attached hydrogens (tertiary/aromatic N) is 3. The van der Waals surface area contributed by atoms with E-state index < -0.39 is 0 Å². The van der Waals surface area contributed by atoms with Crippen molar-refractivity contribution in [2.24, 2.45) is 5.92 Å². The zero-order valence-corrected chi connectivity index (χ0v) is 15.0. The Kier molecular flexibility index (Phi) is 4.40. The first-order valence-electron chi connectivity index (χ1n) is 9.52. The highest BCUT2D eigenvalue weighted by Gasteiger charge is 2.42. The molecular formula is C20H27N3O2. The molecule has 5 nitrogen and oxygen atoms in total. The van der Waals surface area contributed by atoms with E-state index in [1.54, 1.807) is 0 Å². The third kappa shape index (κ3) is 3.37. The zero-order valence-electron chi connectivity index (χ0n) is 15.0. The Labute approximate surface area is 149 Å². The van der Waals surface area contributed by atoms with Gasteiger partial charge in [-0.25, -0.2) is 0 Å². The molecule has 1 unspecified atom stereocenters. The van der Waals surface area contributed by atoms with Crippen molar-refractivity contribution in [1.29, 1.82) is 0 Å². The number of aryl methyl sites for hydroxylation is 1. The number of rotatable bonds is 3. The summed E-state index contributed by atoms with van der Waals surface area (Å²) in [5.74, 6) is 0.235. The summed E-state index contributed by atoms with van der Waals surface area (Å²) < 4.78 is 0. The summed E-state index contributed by atoms with van der Waals surface area (Å²) in [5, 5.41) is 0. The lowest BCUT2D eigenvalue weighted by Gasteiger charge is -2.26. The molecule has 2 aliphatic heterocycles. The minimum absolute atomic E-state index is 0.127. The van der Waals surface area contributed by atoms with E-state index in [0.717, 1.165) is 45.4 Å². The van der Waals surface area contributed by atoms with Gasteiger partial charge in [-0.1, -0.05) is 18.2 Å². The molecule has 0 radical (unpaired) electrons. The molecule has 5 heteroatoms. The van der Waals surface area contributed by atoms with Gasteiger partial charge in [-0.15, -0.1) is 0 Å². The molecule has 0 N–H and O–H groups in total. The van der Waals surface area contributed by atoms with Gasteiger partial charge in [0, 0.05) is 50.9 Å². The van der Waals surface area contributed by atoms with E-state index in [-0.39, 0.29) is 17.7 Å². The fourth-order valence-corrected chi connectivity index (χ4v) is 4.19. The Balaban J connectivity index is 1.38. The normalized spacial score (nSPS) is 24.6. The zero-order chi connectivity index (χ0) is 17.4. The van der Waals surface area contributed by atoms with Gasteiger partial charge in [-0.3, -0.25) is 9.59 Å². The van der Waals surface area contributed by atoms with Gasteiger partial charge in [0.25, 0.3) is 0 Å². The lowest BCUT2D eigenvalue weighted by molar-refractivity contribution is -0.135. The fourth-order valence-electron chi connectivity index (χ4n) is 4.19. The van der Waals surface area contributed by atoms with Crippen molar-refractivity contribution in [1.82, 2.24) is 9.80 Å². The second kappa shape index (κ2) is 6.70. The third-order valence-electron chi connectivity index (χ3n) is 5.76. The molecule has 3 aliphatic rings. The topological polar surface area (TPSA) is 43.9 Å². The highest BCUT2D eigenvalue weighted by atomic mass is 16.2. The summed E-state index contributed by atoms with van der Waals surface area (Å²) in [5.41, 5.74) is 2.55. The van der Waals surface area contributed by atoms with Gasteiger partial charge in [0.15, 0.2) is 0 Å². The first-order valence-corrected chi connectivity index (χ1v) is 9.52. The van der Waals surface area contributed by atoms with Gasteiger partial charge in [-0.2, -0.15) is 0 Å². The predicted molar refractivity (Wildman–Crippen MR) is 97.4 cm³/mol. The SMILES string of the molecule is Cc1ccccc1N1CCCN(C(=O)C2CC(=O)N(C3CC3)C2)CC1. The van der Waals surface area contributed by atoms with E-state index in [0.29, 0.717) is 19.0 Å². The summed E-state index contributed by atoms with van der Waals surface area (Å²) >= 11 is 0. The number of hydrogen-bond acceptors (Lipinski definition) is 3. The predicted octanol–water partition coefficient (Wildman–Crippen LogP) is 2.04. The van der Waals surface area contributed by atoms with Crippen molar-refractivity contribution >= 4 is 17.5 Å².